The molecule has 0 spiro atoms. The summed E-state index contributed by atoms with van der Waals surface area (Å²) in [6.45, 7) is 2.82. The Labute approximate surface area is 83.3 Å². The van der Waals surface area contributed by atoms with Crippen molar-refractivity contribution >= 4 is 5.82 Å². The minimum absolute atomic E-state index is 0.151. The Bertz CT molecular complexity index is 283. The second-order valence-electron chi connectivity index (χ2n) is 3.83. The van der Waals surface area contributed by atoms with Gasteiger partial charge >= 0.3 is 0 Å². The van der Waals surface area contributed by atoms with Gasteiger partial charge < -0.3 is 10.6 Å². The van der Waals surface area contributed by atoms with Crippen LogP contribution in [0.25, 0.3) is 0 Å². The summed E-state index contributed by atoms with van der Waals surface area (Å²) < 4.78 is 0. The average Bonchev–Trinajstić information content (AvgIpc) is 2.99. The zero-order valence-electron chi connectivity index (χ0n) is 8.30. The molecule has 14 heavy (non-hydrogen) atoms. The van der Waals surface area contributed by atoms with E-state index in [4.69, 9.17) is 5.73 Å². The molecule has 5 heteroatoms. The largest absolute Gasteiger partial charge is 0.349 e. The molecular weight excluding hydrogens is 178 g/mol. The number of hydrogen-bond acceptors (Lipinski definition) is 5. The lowest BCUT2D eigenvalue weighted by Gasteiger charge is -2.24. The standard InChI is InChI=1S/C9H15N5/c1-7(10)5-14(8-2-3-8)9-4-11-6-12-13-9/h4,6-8H,2-3,5,10H2,1H3. The van der Waals surface area contributed by atoms with Crippen molar-refractivity contribution in [3.05, 3.63) is 12.5 Å². The van der Waals surface area contributed by atoms with Gasteiger partial charge in [0.25, 0.3) is 0 Å². The number of nitrogens with zero attached hydrogens (tertiary/aromatic N) is 4. The highest BCUT2D eigenvalue weighted by Crippen LogP contribution is 2.29. The van der Waals surface area contributed by atoms with E-state index in [1.807, 2.05) is 6.92 Å². The lowest BCUT2D eigenvalue weighted by atomic mass is 10.3. The van der Waals surface area contributed by atoms with Crippen LogP contribution in [0.1, 0.15) is 19.8 Å². The van der Waals surface area contributed by atoms with Gasteiger partial charge in [-0.25, -0.2) is 4.98 Å². The number of hydrogen-bond donors (Lipinski definition) is 1. The van der Waals surface area contributed by atoms with Crippen LogP contribution in [-0.4, -0.2) is 33.8 Å². The maximum Gasteiger partial charge on any atom is 0.170 e. The second-order valence-corrected chi connectivity index (χ2v) is 3.83. The van der Waals surface area contributed by atoms with E-state index in [9.17, 15) is 0 Å². The van der Waals surface area contributed by atoms with Crippen molar-refractivity contribution in [1.82, 2.24) is 15.2 Å². The third-order valence-electron chi connectivity index (χ3n) is 2.24. The van der Waals surface area contributed by atoms with E-state index >= 15 is 0 Å². The molecular formula is C9H15N5. The Balaban J connectivity index is 2.10. The first-order valence-electron chi connectivity index (χ1n) is 4.92. The summed E-state index contributed by atoms with van der Waals surface area (Å²) in [5.41, 5.74) is 5.79. The SMILES string of the molecule is CC(N)CN(c1cncnn1)C1CC1. The summed E-state index contributed by atoms with van der Waals surface area (Å²) in [7, 11) is 0. The molecule has 1 aliphatic carbocycles. The normalized spacial score (nSPS) is 17.9. The smallest absolute Gasteiger partial charge is 0.170 e. The lowest BCUT2D eigenvalue weighted by molar-refractivity contribution is 0.660. The van der Waals surface area contributed by atoms with Gasteiger partial charge in [-0.15, -0.1) is 10.2 Å². The quantitative estimate of drug-likeness (QED) is 0.739. The Morgan fingerprint density at radius 2 is 2.43 bits per heavy atom. The van der Waals surface area contributed by atoms with Gasteiger partial charge in [0.05, 0.1) is 6.20 Å². The van der Waals surface area contributed by atoms with E-state index in [1.165, 1.54) is 19.2 Å². The first-order chi connectivity index (χ1) is 6.77. The van der Waals surface area contributed by atoms with Gasteiger partial charge in [-0.1, -0.05) is 0 Å². The van der Waals surface area contributed by atoms with Crippen LogP contribution < -0.4 is 10.6 Å². The molecule has 0 radical (unpaired) electrons. The van der Waals surface area contributed by atoms with Crippen LogP contribution in [0.15, 0.2) is 12.5 Å². The van der Waals surface area contributed by atoms with E-state index in [2.05, 4.69) is 20.1 Å². The van der Waals surface area contributed by atoms with Gasteiger partial charge in [0.2, 0.25) is 0 Å². The van der Waals surface area contributed by atoms with Gasteiger partial charge in [-0.3, -0.25) is 0 Å². The van der Waals surface area contributed by atoms with Crippen molar-refractivity contribution in [3.8, 4) is 0 Å². The van der Waals surface area contributed by atoms with Crippen LogP contribution >= 0.6 is 0 Å². The van der Waals surface area contributed by atoms with Crippen molar-refractivity contribution in [3.63, 3.8) is 0 Å². The maximum absolute atomic E-state index is 5.79. The molecule has 2 rings (SSSR count). The zero-order chi connectivity index (χ0) is 9.97. The van der Waals surface area contributed by atoms with Gasteiger partial charge in [0.1, 0.15) is 6.33 Å². The lowest BCUT2D eigenvalue weighted by Crippen LogP contribution is -2.37. The molecule has 1 heterocycles. The molecule has 0 aliphatic heterocycles. The van der Waals surface area contributed by atoms with Gasteiger partial charge in [-0.2, -0.15) is 0 Å². The number of anilines is 1. The van der Waals surface area contributed by atoms with E-state index < -0.39 is 0 Å². The summed E-state index contributed by atoms with van der Waals surface area (Å²) in [4.78, 5) is 6.17. The first kappa shape index (κ1) is 9.33. The van der Waals surface area contributed by atoms with E-state index in [-0.39, 0.29) is 6.04 Å². The highest BCUT2D eigenvalue weighted by molar-refractivity contribution is 5.38. The van der Waals surface area contributed by atoms with Crippen molar-refractivity contribution in [2.45, 2.75) is 31.8 Å². The fourth-order valence-electron chi connectivity index (χ4n) is 1.50. The first-order valence-corrected chi connectivity index (χ1v) is 4.92. The number of rotatable bonds is 4. The third kappa shape index (κ3) is 2.17. The van der Waals surface area contributed by atoms with Crippen LogP contribution in [0.2, 0.25) is 0 Å². The average molecular weight is 193 g/mol. The Morgan fingerprint density at radius 3 is 2.93 bits per heavy atom. The fraction of sp³-hybridized carbons (Fsp3) is 0.667. The van der Waals surface area contributed by atoms with E-state index in [0.29, 0.717) is 6.04 Å². The molecule has 1 aromatic heterocycles. The van der Waals surface area contributed by atoms with Crippen molar-refractivity contribution in [2.75, 3.05) is 11.4 Å². The van der Waals surface area contributed by atoms with Crippen LogP contribution in [-0.2, 0) is 0 Å². The molecule has 1 aromatic rings. The van der Waals surface area contributed by atoms with Crippen molar-refractivity contribution in [2.24, 2.45) is 5.73 Å². The van der Waals surface area contributed by atoms with E-state index in [1.54, 1.807) is 6.20 Å². The van der Waals surface area contributed by atoms with Crippen LogP contribution in [0.5, 0.6) is 0 Å². The highest BCUT2D eigenvalue weighted by atomic mass is 15.3. The molecule has 0 amide bonds. The molecule has 5 nitrogen and oxygen atoms in total. The number of aromatic nitrogens is 3. The maximum atomic E-state index is 5.79. The Kier molecular flexibility index (Phi) is 2.58. The molecule has 1 saturated carbocycles. The van der Waals surface area contributed by atoms with Crippen LogP contribution in [0, 0.1) is 0 Å². The van der Waals surface area contributed by atoms with Gasteiger partial charge in [0.15, 0.2) is 5.82 Å². The molecule has 2 N–H and O–H groups in total. The van der Waals surface area contributed by atoms with Crippen molar-refractivity contribution in [1.29, 1.82) is 0 Å². The molecule has 0 aromatic carbocycles. The van der Waals surface area contributed by atoms with Crippen LogP contribution in [0.4, 0.5) is 5.82 Å². The minimum atomic E-state index is 0.151. The van der Waals surface area contributed by atoms with E-state index in [0.717, 1.165) is 12.4 Å². The topological polar surface area (TPSA) is 67.9 Å². The molecule has 1 unspecified atom stereocenters. The van der Waals surface area contributed by atoms with Gasteiger partial charge in [-0.05, 0) is 19.8 Å². The second kappa shape index (κ2) is 3.88. The molecule has 0 saturated heterocycles. The van der Waals surface area contributed by atoms with Gasteiger partial charge in [0, 0.05) is 18.6 Å². The Morgan fingerprint density at radius 1 is 1.64 bits per heavy atom. The summed E-state index contributed by atoms with van der Waals surface area (Å²) in [6, 6.07) is 0.747. The van der Waals surface area contributed by atoms with Crippen LogP contribution in [0.3, 0.4) is 0 Å². The molecule has 0 bridgehead atoms. The Hall–Kier alpha value is -1.23. The molecule has 1 atom stereocenters. The highest BCUT2D eigenvalue weighted by Gasteiger charge is 2.30. The predicted molar refractivity (Wildman–Crippen MR) is 53.8 cm³/mol. The number of nitrogens with two attached hydrogens (primary N) is 1. The predicted octanol–water partition coefficient (Wildman–Crippen LogP) is 0.188. The summed E-state index contributed by atoms with van der Waals surface area (Å²) in [6.07, 6.45) is 5.64. The summed E-state index contributed by atoms with van der Waals surface area (Å²) >= 11 is 0. The monoisotopic (exact) mass is 193 g/mol. The summed E-state index contributed by atoms with van der Waals surface area (Å²) in [5, 5.41) is 7.83. The third-order valence-corrected chi connectivity index (χ3v) is 2.24. The summed E-state index contributed by atoms with van der Waals surface area (Å²) in [5.74, 6) is 0.840. The molecule has 1 fully saturated rings. The molecule has 1 aliphatic rings. The van der Waals surface area contributed by atoms with Crippen molar-refractivity contribution < 1.29 is 0 Å². The molecule has 76 valence electrons. The minimum Gasteiger partial charge on any atom is -0.349 e. The zero-order valence-corrected chi connectivity index (χ0v) is 8.30. The fourth-order valence-corrected chi connectivity index (χ4v) is 1.50.